The van der Waals surface area contributed by atoms with Gasteiger partial charge in [-0.05, 0) is 12.0 Å². The number of methoxy groups -OCH3 is 1. The van der Waals surface area contributed by atoms with Gasteiger partial charge >= 0.3 is 5.97 Å². The molecule has 0 aliphatic rings. The van der Waals surface area contributed by atoms with E-state index < -0.39 is 0 Å². The summed E-state index contributed by atoms with van der Waals surface area (Å²) in [5.41, 5.74) is 1.21. The number of carbonyl (C=O) groups excluding carboxylic acids is 2. The predicted molar refractivity (Wildman–Crippen MR) is 81.7 cm³/mol. The number of esters is 1. The number of amides is 1. The lowest BCUT2D eigenvalue weighted by Gasteiger charge is -2.10. The Hall–Kier alpha value is -1.49. The average molecular weight is 295 g/mol. The van der Waals surface area contributed by atoms with Crippen molar-refractivity contribution in [2.45, 2.75) is 25.0 Å². The Morgan fingerprint density at radius 3 is 2.65 bits per heavy atom. The molecule has 0 aromatic heterocycles. The number of ether oxygens (including phenoxy) is 1. The van der Waals surface area contributed by atoms with Crippen LogP contribution in [0.15, 0.2) is 30.3 Å². The van der Waals surface area contributed by atoms with Gasteiger partial charge in [-0.25, -0.2) is 0 Å². The maximum absolute atomic E-state index is 11.6. The molecule has 5 heteroatoms. The topological polar surface area (TPSA) is 55.4 Å². The maximum atomic E-state index is 11.6. The van der Waals surface area contributed by atoms with E-state index in [1.54, 1.807) is 0 Å². The minimum atomic E-state index is -0.241. The van der Waals surface area contributed by atoms with E-state index in [0.29, 0.717) is 18.7 Å². The second kappa shape index (κ2) is 9.42. The Kier molecular flexibility index (Phi) is 7.80. The lowest BCUT2D eigenvalue weighted by atomic mass is 10.1. The number of thioether (sulfide) groups is 1. The Morgan fingerprint density at radius 2 is 2.00 bits per heavy atom. The molecule has 20 heavy (non-hydrogen) atoms. The normalized spacial score (nSPS) is 11.7. The van der Waals surface area contributed by atoms with E-state index in [9.17, 15) is 9.59 Å². The SMILES string of the molecule is COC(=O)CC(C)SCC(=O)NCCc1ccccc1. The maximum Gasteiger partial charge on any atom is 0.306 e. The molecular formula is C15H21NO3S. The predicted octanol–water partition coefficient (Wildman–Crippen LogP) is 2.03. The van der Waals surface area contributed by atoms with E-state index in [0.717, 1.165) is 6.42 Å². The van der Waals surface area contributed by atoms with E-state index in [4.69, 9.17) is 0 Å². The van der Waals surface area contributed by atoms with Gasteiger partial charge in [0.1, 0.15) is 0 Å². The smallest absolute Gasteiger partial charge is 0.306 e. The summed E-state index contributed by atoms with van der Waals surface area (Å²) in [5, 5.41) is 2.96. The highest BCUT2D eigenvalue weighted by molar-refractivity contribution is 8.00. The van der Waals surface area contributed by atoms with Crippen LogP contribution in [-0.4, -0.2) is 36.5 Å². The van der Waals surface area contributed by atoms with Gasteiger partial charge in [-0.2, -0.15) is 0 Å². The van der Waals surface area contributed by atoms with Gasteiger partial charge in [0.05, 0.1) is 19.3 Å². The number of hydrogen-bond donors (Lipinski definition) is 1. The van der Waals surface area contributed by atoms with Crippen molar-refractivity contribution in [2.75, 3.05) is 19.4 Å². The monoisotopic (exact) mass is 295 g/mol. The highest BCUT2D eigenvalue weighted by Gasteiger charge is 2.11. The van der Waals surface area contributed by atoms with E-state index >= 15 is 0 Å². The van der Waals surface area contributed by atoms with Crippen molar-refractivity contribution in [1.82, 2.24) is 5.32 Å². The minimum absolute atomic E-state index is 0.00245. The zero-order valence-corrected chi connectivity index (χ0v) is 12.7. The van der Waals surface area contributed by atoms with Crippen LogP contribution in [0.5, 0.6) is 0 Å². The Morgan fingerprint density at radius 1 is 1.30 bits per heavy atom. The standard InChI is InChI=1S/C15H21NO3S/c1-12(10-15(18)19-2)20-11-14(17)16-9-8-13-6-4-3-5-7-13/h3-7,12H,8-11H2,1-2H3,(H,16,17). The molecule has 0 spiro atoms. The van der Waals surface area contributed by atoms with Gasteiger partial charge < -0.3 is 10.1 Å². The summed E-state index contributed by atoms with van der Waals surface area (Å²) in [5.74, 6) is 0.129. The molecule has 0 heterocycles. The van der Waals surface area contributed by atoms with Gasteiger partial charge in [0, 0.05) is 11.8 Å². The molecule has 1 amide bonds. The fraction of sp³-hybridized carbons (Fsp3) is 0.467. The molecule has 0 radical (unpaired) electrons. The first-order valence-corrected chi connectivity index (χ1v) is 7.65. The van der Waals surface area contributed by atoms with Crippen LogP contribution < -0.4 is 5.32 Å². The van der Waals surface area contributed by atoms with Crippen molar-refractivity contribution in [3.05, 3.63) is 35.9 Å². The van der Waals surface area contributed by atoms with Crippen LogP contribution in [0.4, 0.5) is 0 Å². The largest absolute Gasteiger partial charge is 0.469 e. The summed E-state index contributed by atoms with van der Waals surface area (Å²) >= 11 is 1.46. The van der Waals surface area contributed by atoms with Crippen molar-refractivity contribution in [1.29, 1.82) is 0 Å². The Balaban J connectivity index is 2.13. The number of hydrogen-bond acceptors (Lipinski definition) is 4. The minimum Gasteiger partial charge on any atom is -0.469 e. The summed E-state index contributed by atoms with van der Waals surface area (Å²) < 4.78 is 4.59. The summed E-state index contributed by atoms with van der Waals surface area (Å²) in [6.07, 6.45) is 1.16. The molecule has 1 atom stereocenters. The van der Waals surface area contributed by atoms with Crippen LogP contribution in [0.1, 0.15) is 18.9 Å². The molecule has 4 nitrogen and oxygen atoms in total. The molecule has 0 aliphatic carbocycles. The Bertz CT molecular complexity index is 422. The van der Waals surface area contributed by atoms with Crippen molar-refractivity contribution in [2.24, 2.45) is 0 Å². The average Bonchev–Trinajstić information content (AvgIpc) is 2.46. The number of rotatable bonds is 8. The molecule has 0 bridgehead atoms. The lowest BCUT2D eigenvalue weighted by molar-refractivity contribution is -0.140. The van der Waals surface area contributed by atoms with E-state index in [-0.39, 0.29) is 17.1 Å². The van der Waals surface area contributed by atoms with Crippen molar-refractivity contribution in [3.8, 4) is 0 Å². The van der Waals surface area contributed by atoms with Crippen LogP contribution >= 0.6 is 11.8 Å². The van der Waals surface area contributed by atoms with Crippen LogP contribution in [0.3, 0.4) is 0 Å². The molecule has 0 aliphatic heterocycles. The van der Waals surface area contributed by atoms with Crippen molar-refractivity contribution < 1.29 is 14.3 Å². The zero-order chi connectivity index (χ0) is 14.8. The second-order valence-electron chi connectivity index (χ2n) is 4.49. The van der Waals surface area contributed by atoms with Gasteiger partial charge in [0.25, 0.3) is 0 Å². The van der Waals surface area contributed by atoms with Crippen LogP contribution in [0.2, 0.25) is 0 Å². The molecule has 1 N–H and O–H groups in total. The molecule has 1 unspecified atom stereocenters. The third-order valence-corrected chi connectivity index (χ3v) is 3.92. The quantitative estimate of drug-likeness (QED) is 0.746. The molecule has 110 valence electrons. The molecular weight excluding hydrogens is 274 g/mol. The molecule has 0 saturated carbocycles. The van der Waals surface area contributed by atoms with Crippen molar-refractivity contribution in [3.63, 3.8) is 0 Å². The first-order valence-electron chi connectivity index (χ1n) is 6.61. The highest BCUT2D eigenvalue weighted by Crippen LogP contribution is 2.14. The van der Waals surface area contributed by atoms with Gasteiger partial charge in [-0.3, -0.25) is 9.59 Å². The van der Waals surface area contributed by atoms with Gasteiger partial charge in [0.15, 0.2) is 0 Å². The zero-order valence-electron chi connectivity index (χ0n) is 11.9. The summed E-state index contributed by atoms with van der Waals surface area (Å²) in [7, 11) is 1.37. The fourth-order valence-electron chi connectivity index (χ4n) is 1.64. The van der Waals surface area contributed by atoms with Gasteiger partial charge in [-0.1, -0.05) is 37.3 Å². The van der Waals surface area contributed by atoms with E-state index in [1.165, 1.54) is 24.4 Å². The third kappa shape index (κ3) is 7.19. The third-order valence-electron chi connectivity index (χ3n) is 2.76. The summed E-state index contributed by atoms with van der Waals surface area (Å²) in [6, 6.07) is 10.0. The first-order chi connectivity index (χ1) is 9.61. The number of nitrogens with one attached hydrogen (secondary N) is 1. The molecule has 1 aromatic carbocycles. The molecule has 1 rings (SSSR count). The first kappa shape index (κ1) is 16.6. The van der Waals surface area contributed by atoms with Crippen LogP contribution in [0, 0.1) is 0 Å². The second-order valence-corrected chi connectivity index (χ2v) is 5.91. The van der Waals surface area contributed by atoms with Crippen molar-refractivity contribution >= 4 is 23.6 Å². The number of carbonyl (C=O) groups is 2. The fourth-order valence-corrected chi connectivity index (χ4v) is 2.43. The highest BCUT2D eigenvalue weighted by atomic mass is 32.2. The summed E-state index contributed by atoms with van der Waals surface area (Å²) in [4.78, 5) is 22.7. The van der Waals surface area contributed by atoms with E-state index in [1.807, 2.05) is 37.3 Å². The van der Waals surface area contributed by atoms with Crippen LogP contribution in [-0.2, 0) is 20.7 Å². The summed E-state index contributed by atoms with van der Waals surface area (Å²) in [6.45, 7) is 2.55. The molecule has 1 aromatic rings. The van der Waals surface area contributed by atoms with Gasteiger partial charge in [0.2, 0.25) is 5.91 Å². The van der Waals surface area contributed by atoms with Crippen LogP contribution in [0.25, 0.3) is 0 Å². The van der Waals surface area contributed by atoms with E-state index in [2.05, 4.69) is 10.1 Å². The van der Waals surface area contributed by atoms with Gasteiger partial charge in [-0.15, -0.1) is 11.8 Å². The molecule has 0 fully saturated rings. The molecule has 0 saturated heterocycles. The number of benzene rings is 1. The Labute approximate surface area is 124 Å². The lowest BCUT2D eigenvalue weighted by Crippen LogP contribution is -2.28.